The fourth-order valence-corrected chi connectivity index (χ4v) is 2.60. The van der Waals surface area contributed by atoms with Crippen LogP contribution >= 0.6 is 15.9 Å². The highest BCUT2D eigenvalue weighted by Crippen LogP contribution is 2.27. The minimum absolute atomic E-state index is 0.790. The first-order valence-corrected chi connectivity index (χ1v) is 7.26. The van der Waals surface area contributed by atoms with E-state index >= 15 is 0 Å². The molecule has 0 bridgehead atoms. The van der Waals surface area contributed by atoms with Crippen LogP contribution in [-0.4, -0.2) is 6.54 Å². The number of nitrogens with two attached hydrogens (primary N) is 1. The Labute approximate surface area is 123 Å². The third kappa shape index (κ3) is 3.10. The summed E-state index contributed by atoms with van der Waals surface area (Å²) in [4.78, 5) is 2.36. The molecule has 0 saturated heterocycles. The average Bonchev–Trinajstić information content (AvgIpc) is 2.41. The number of halogens is 1. The molecule has 2 rings (SSSR count). The van der Waals surface area contributed by atoms with Gasteiger partial charge in [-0.15, -0.1) is 0 Å². The van der Waals surface area contributed by atoms with Crippen LogP contribution in [0.4, 0.5) is 11.4 Å². The van der Waals surface area contributed by atoms with Crippen molar-refractivity contribution < 1.29 is 0 Å². The van der Waals surface area contributed by atoms with Crippen molar-refractivity contribution in [3.8, 4) is 0 Å². The van der Waals surface area contributed by atoms with Gasteiger partial charge in [-0.3, -0.25) is 0 Å². The third-order valence-corrected chi connectivity index (χ3v) is 4.27. The van der Waals surface area contributed by atoms with Gasteiger partial charge in [-0.05, 0) is 53.0 Å². The maximum atomic E-state index is 5.94. The Morgan fingerprint density at radius 1 is 1.11 bits per heavy atom. The Morgan fingerprint density at radius 2 is 1.84 bits per heavy atom. The van der Waals surface area contributed by atoms with Crippen molar-refractivity contribution >= 4 is 27.3 Å². The van der Waals surface area contributed by atoms with Gasteiger partial charge >= 0.3 is 0 Å². The van der Waals surface area contributed by atoms with Gasteiger partial charge in [0.2, 0.25) is 0 Å². The van der Waals surface area contributed by atoms with Crippen LogP contribution in [0, 0.1) is 6.92 Å². The highest BCUT2D eigenvalue weighted by Gasteiger charge is 2.10. The van der Waals surface area contributed by atoms with Crippen LogP contribution in [0.25, 0.3) is 0 Å². The summed E-state index contributed by atoms with van der Waals surface area (Å²) in [5.41, 5.74) is 10.5. The van der Waals surface area contributed by atoms with Gasteiger partial charge in [0.1, 0.15) is 0 Å². The van der Waals surface area contributed by atoms with E-state index in [1.165, 1.54) is 16.8 Å². The summed E-state index contributed by atoms with van der Waals surface area (Å²) in [5.74, 6) is 0. The fraction of sp³-hybridized carbons (Fsp3) is 0.250. The molecule has 0 aliphatic carbocycles. The quantitative estimate of drug-likeness (QED) is 0.848. The molecule has 3 heteroatoms. The first kappa shape index (κ1) is 13.9. The topological polar surface area (TPSA) is 29.3 Å². The Morgan fingerprint density at radius 3 is 2.53 bits per heavy atom. The highest BCUT2D eigenvalue weighted by molar-refractivity contribution is 9.10. The molecule has 0 atom stereocenters. The molecule has 100 valence electrons. The zero-order valence-corrected chi connectivity index (χ0v) is 12.9. The Bertz CT molecular complexity index is 566. The van der Waals surface area contributed by atoms with Crippen LogP contribution < -0.4 is 10.6 Å². The highest BCUT2D eigenvalue weighted by atomic mass is 79.9. The van der Waals surface area contributed by atoms with E-state index in [0.717, 1.165) is 23.2 Å². The van der Waals surface area contributed by atoms with Crippen molar-refractivity contribution in [2.24, 2.45) is 0 Å². The SMILES string of the molecule is CCN(Cc1cccc(N)c1Br)c1ccccc1C. The number of hydrogen-bond donors (Lipinski definition) is 1. The minimum atomic E-state index is 0.790. The smallest absolute Gasteiger partial charge is 0.0461 e. The number of benzene rings is 2. The van der Waals surface area contributed by atoms with E-state index in [1.807, 2.05) is 12.1 Å². The van der Waals surface area contributed by atoms with Crippen LogP contribution in [0.5, 0.6) is 0 Å². The zero-order chi connectivity index (χ0) is 13.8. The largest absolute Gasteiger partial charge is 0.398 e. The van der Waals surface area contributed by atoms with E-state index in [9.17, 15) is 0 Å². The summed E-state index contributed by atoms with van der Waals surface area (Å²) in [7, 11) is 0. The molecular weight excluding hydrogens is 300 g/mol. The number of anilines is 2. The van der Waals surface area contributed by atoms with E-state index < -0.39 is 0 Å². The number of nitrogen functional groups attached to an aromatic ring is 1. The molecule has 0 radical (unpaired) electrons. The number of rotatable bonds is 4. The summed E-state index contributed by atoms with van der Waals surface area (Å²) in [6.45, 7) is 6.14. The number of aryl methyl sites for hydroxylation is 1. The lowest BCUT2D eigenvalue weighted by Crippen LogP contribution is -2.23. The van der Waals surface area contributed by atoms with Crippen LogP contribution in [-0.2, 0) is 6.54 Å². The van der Waals surface area contributed by atoms with Gasteiger partial charge in [-0.1, -0.05) is 30.3 Å². The van der Waals surface area contributed by atoms with E-state index in [4.69, 9.17) is 5.73 Å². The maximum Gasteiger partial charge on any atom is 0.0461 e. The van der Waals surface area contributed by atoms with Crippen LogP contribution in [0.2, 0.25) is 0 Å². The Kier molecular flexibility index (Phi) is 4.48. The summed E-state index contributed by atoms with van der Waals surface area (Å²) >= 11 is 3.58. The standard InChI is InChI=1S/C16H19BrN2/c1-3-19(15-10-5-4-7-12(15)2)11-13-8-6-9-14(18)16(13)17/h4-10H,3,11,18H2,1-2H3. The lowest BCUT2D eigenvalue weighted by molar-refractivity contribution is 0.825. The zero-order valence-electron chi connectivity index (χ0n) is 11.4. The van der Waals surface area contributed by atoms with E-state index in [-0.39, 0.29) is 0 Å². The third-order valence-electron chi connectivity index (χ3n) is 3.31. The molecule has 0 amide bonds. The first-order chi connectivity index (χ1) is 9.13. The van der Waals surface area contributed by atoms with Crippen molar-refractivity contribution in [1.29, 1.82) is 0 Å². The molecule has 2 aromatic rings. The molecule has 0 unspecified atom stereocenters. The molecule has 2 nitrogen and oxygen atoms in total. The van der Waals surface area contributed by atoms with Crippen molar-refractivity contribution in [3.05, 3.63) is 58.1 Å². The first-order valence-electron chi connectivity index (χ1n) is 6.47. The van der Waals surface area contributed by atoms with Gasteiger partial charge in [0, 0.05) is 28.9 Å². The molecule has 19 heavy (non-hydrogen) atoms. The molecule has 0 heterocycles. The summed E-state index contributed by atoms with van der Waals surface area (Å²) < 4.78 is 1.00. The van der Waals surface area contributed by atoms with Crippen molar-refractivity contribution in [3.63, 3.8) is 0 Å². The number of nitrogens with zero attached hydrogens (tertiary/aromatic N) is 1. The van der Waals surface area contributed by atoms with Gasteiger partial charge in [0.05, 0.1) is 0 Å². The minimum Gasteiger partial charge on any atom is -0.398 e. The molecular formula is C16H19BrN2. The predicted octanol–water partition coefficient (Wildman–Crippen LogP) is 4.37. The summed E-state index contributed by atoms with van der Waals surface area (Å²) in [6, 6.07) is 14.5. The molecule has 0 aliphatic heterocycles. The van der Waals surface area contributed by atoms with Crippen molar-refractivity contribution in [1.82, 2.24) is 0 Å². The molecule has 2 aromatic carbocycles. The number of para-hydroxylation sites is 1. The van der Waals surface area contributed by atoms with Gasteiger partial charge < -0.3 is 10.6 Å². The predicted molar refractivity (Wildman–Crippen MR) is 86.5 cm³/mol. The molecule has 2 N–H and O–H groups in total. The average molecular weight is 319 g/mol. The second-order valence-corrected chi connectivity index (χ2v) is 5.41. The monoisotopic (exact) mass is 318 g/mol. The molecule has 0 spiro atoms. The van der Waals surface area contributed by atoms with Gasteiger partial charge in [-0.2, -0.15) is 0 Å². The van der Waals surface area contributed by atoms with E-state index in [2.05, 4.69) is 65.0 Å². The van der Waals surface area contributed by atoms with Crippen molar-refractivity contribution in [2.75, 3.05) is 17.2 Å². The van der Waals surface area contributed by atoms with Crippen LogP contribution in [0.3, 0.4) is 0 Å². The molecule has 0 saturated carbocycles. The summed E-state index contributed by atoms with van der Waals surface area (Å²) in [5, 5.41) is 0. The molecule has 0 fully saturated rings. The van der Waals surface area contributed by atoms with Gasteiger partial charge in [0.15, 0.2) is 0 Å². The summed E-state index contributed by atoms with van der Waals surface area (Å²) in [6.07, 6.45) is 0. The molecule has 0 aliphatic rings. The number of hydrogen-bond acceptors (Lipinski definition) is 2. The van der Waals surface area contributed by atoms with Crippen LogP contribution in [0.1, 0.15) is 18.1 Å². The lowest BCUT2D eigenvalue weighted by Gasteiger charge is -2.25. The van der Waals surface area contributed by atoms with Crippen molar-refractivity contribution in [2.45, 2.75) is 20.4 Å². The van der Waals surface area contributed by atoms with Crippen LogP contribution in [0.15, 0.2) is 46.9 Å². The normalized spacial score (nSPS) is 10.5. The second kappa shape index (κ2) is 6.11. The van der Waals surface area contributed by atoms with Gasteiger partial charge in [0.25, 0.3) is 0 Å². The Hall–Kier alpha value is -1.48. The van der Waals surface area contributed by atoms with Gasteiger partial charge in [-0.25, -0.2) is 0 Å². The fourth-order valence-electron chi connectivity index (χ4n) is 2.21. The van der Waals surface area contributed by atoms with E-state index in [1.54, 1.807) is 0 Å². The maximum absolute atomic E-state index is 5.94. The second-order valence-electron chi connectivity index (χ2n) is 4.62. The van der Waals surface area contributed by atoms with E-state index in [0.29, 0.717) is 0 Å². The Balaban J connectivity index is 2.30. The lowest BCUT2D eigenvalue weighted by atomic mass is 10.1. The molecule has 0 aromatic heterocycles.